The molecule has 0 amide bonds. The minimum Gasteiger partial charge on any atom is -0.495 e. The number of benzene rings is 2. The third-order valence-electron chi connectivity index (χ3n) is 5.34. The first-order valence-corrected chi connectivity index (χ1v) is 11.4. The number of methoxy groups -OCH3 is 1. The molecule has 2 heterocycles. The topological polar surface area (TPSA) is 95.6 Å². The van der Waals surface area contributed by atoms with Crippen LogP contribution in [0.3, 0.4) is 0 Å². The lowest BCUT2D eigenvalue weighted by Gasteiger charge is -2.34. The summed E-state index contributed by atoms with van der Waals surface area (Å²) in [6.45, 7) is 2.90. The summed E-state index contributed by atoms with van der Waals surface area (Å²) in [6.07, 6.45) is 0. The fourth-order valence-corrected chi connectivity index (χ4v) is 5.26. The molecule has 1 aliphatic rings. The molecule has 1 N–H and O–H groups in total. The van der Waals surface area contributed by atoms with Gasteiger partial charge in [0.05, 0.1) is 12.8 Å². The van der Waals surface area contributed by atoms with Crippen molar-refractivity contribution in [2.45, 2.75) is 11.4 Å². The molecule has 1 aliphatic heterocycles. The SMILES string of the molecule is COc1ccc(-c2ccc(=O)[nH]n2)cc1S(=O)(=O)N1CCN(Cc2ccccc2)CC1. The molecule has 8 nitrogen and oxygen atoms in total. The molecule has 2 aromatic carbocycles. The van der Waals surface area contributed by atoms with E-state index in [1.54, 1.807) is 24.3 Å². The monoisotopic (exact) mass is 440 g/mol. The third-order valence-corrected chi connectivity index (χ3v) is 7.26. The van der Waals surface area contributed by atoms with E-state index in [2.05, 4.69) is 27.2 Å². The van der Waals surface area contributed by atoms with Crippen LogP contribution < -0.4 is 10.3 Å². The number of hydrogen-bond acceptors (Lipinski definition) is 6. The molecule has 1 fully saturated rings. The second-order valence-corrected chi connectivity index (χ2v) is 9.24. The van der Waals surface area contributed by atoms with Gasteiger partial charge in [-0.3, -0.25) is 9.69 Å². The first-order valence-electron chi connectivity index (χ1n) is 9.98. The van der Waals surface area contributed by atoms with Gasteiger partial charge in [0.25, 0.3) is 5.56 Å². The summed E-state index contributed by atoms with van der Waals surface area (Å²) >= 11 is 0. The van der Waals surface area contributed by atoms with E-state index in [4.69, 9.17) is 4.74 Å². The van der Waals surface area contributed by atoms with Crippen molar-refractivity contribution in [3.05, 3.63) is 76.6 Å². The van der Waals surface area contributed by atoms with Crippen molar-refractivity contribution >= 4 is 10.0 Å². The average molecular weight is 441 g/mol. The van der Waals surface area contributed by atoms with E-state index in [0.717, 1.165) is 6.54 Å². The molecule has 1 saturated heterocycles. The number of aromatic amines is 1. The van der Waals surface area contributed by atoms with Gasteiger partial charge in [0.2, 0.25) is 10.0 Å². The Balaban J connectivity index is 1.54. The second kappa shape index (κ2) is 9.01. The number of sulfonamides is 1. The van der Waals surface area contributed by atoms with E-state index in [1.807, 2.05) is 18.2 Å². The molecular weight excluding hydrogens is 416 g/mol. The number of H-pyrrole nitrogens is 1. The normalized spacial score (nSPS) is 15.6. The van der Waals surface area contributed by atoms with Crippen LogP contribution in [0.1, 0.15) is 5.56 Å². The van der Waals surface area contributed by atoms with Crippen LogP contribution in [0.2, 0.25) is 0 Å². The zero-order valence-electron chi connectivity index (χ0n) is 17.2. The highest BCUT2D eigenvalue weighted by Crippen LogP contribution is 2.31. The first kappa shape index (κ1) is 21.2. The van der Waals surface area contributed by atoms with Crippen molar-refractivity contribution in [1.82, 2.24) is 19.4 Å². The molecule has 162 valence electrons. The minimum atomic E-state index is -3.76. The molecule has 0 spiro atoms. The fraction of sp³-hybridized carbons (Fsp3) is 0.273. The van der Waals surface area contributed by atoms with Gasteiger partial charge < -0.3 is 4.74 Å². The third kappa shape index (κ3) is 4.68. The standard InChI is InChI=1S/C22H24N4O4S/c1-30-20-9-7-18(19-8-10-22(27)24-23-19)15-21(20)31(28,29)26-13-11-25(12-14-26)16-17-5-3-2-4-6-17/h2-10,15H,11-14,16H2,1H3,(H,24,27). The quantitative estimate of drug-likeness (QED) is 0.630. The molecular formula is C22H24N4O4S. The highest BCUT2D eigenvalue weighted by Gasteiger charge is 2.31. The summed E-state index contributed by atoms with van der Waals surface area (Å²) < 4.78 is 33.7. The lowest BCUT2D eigenvalue weighted by Crippen LogP contribution is -2.48. The summed E-state index contributed by atoms with van der Waals surface area (Å²) in [6, 6.07) is 17.9. The van der Waals surface area contributed by atoms with E-state index in [1.165, 1.54) is 23.0 Å². The molecule has 0 atom stereocenters. The average Bonchev–Trinajstić information content (AvgIpc) is 2.80. The summed E-state index contributed by atoms with van der Waals surface area (Å²) in [7, 11) is -2.31. The lowest BCUT2D eigenvalue weighted by atomic mass is 10.1. The molecule has 0 radical (unpaired) electrons. The Kier molecular flexibility index (Phi) is 6.17. The van der Waals surface area contributed by atoms with Gasteiger partial charge in [0.1, 0.15) is 10.6 Å². The molecule has 0 unspecified atom stereocenters. The Labute approximate surface area is 181 Å². The minimum absolute atomic E-state index is 0.0945. The molecule has 0 bridgehead atoms. The Morgan fingerprint density at radius 2 is 1.74 bits per heavy atom. The van der Waals surface area contributed by atoms with E-state index in [0.29, 0.717) is 37.4 Å². The molecule has 0 saturated carbocycles. The van der Waals surface area contributed by atoms with E-state index < -0.39 is 10.0 Å². The number of rotatable bonds is 6. The molecule has 4 rings (SSSR count). The largest absolute Gasteiger partial charge is 0.495 e. The number of nitrogens with zero attached hydrogens (tertiary/aromatic N) is 3. The van der Waals surface area contributed by atoms with Crippen LogP contribution in [-0.2, 0) is 16.6 Å². The van der Waals surface area contributed by atoms with Crippen LogP contribution in [-0.4, -0.2) is 61.1 Å². The number of aromatic nitrogens is 2. The summed E-state index contributed by atoms with van der Waals surface area (Å²) in [5, 5.41) is 6.37. The predicted molar refractivity (Wildman–Crippen MR) is 117 cm³/mol. The van der Waals surface area contributed by atoms with Crippen LogP contribution in [0.25, 0.3) is 11.3 Å². The van der Waals surface area contributed by atoms with Gasteiger partial charge in [-0.1, -0.05) is 30.3 Å². The number of nitrogens with one attached hydrogen (secondary N) is 1. The smallest absolute Gasteiger partial charge is 0.264 e. The van der Waals surface area contributed by atoms with Crippen molar-refractivity contribution in [3.63, 3.8) is 0 Å². The zero-order valence-corrected chi connectivity index (χ0v) is 18.0. The van der Waals surface area contributed by atoms with Crippen molar-refractivity contribution in [2.75, 3.05) is 33.3 Å². The van der Waals surface area contributed by atoms with Crippen molar-refractivity contribution < 1.29 is 13.2 Å². The summed E-state index contributed by atoms with van der Waals surface area (Å²) in [5.74, 6) is 0.278. The molecule has 9 heteroatoms. The van der Waals surface area contributed by atoms with Crippen LogP contribution in [0.15, 0.2) is 70.4 Å². The first-order chi connectivity index (χ1) is 15.0. The van der Waals surface area contributed by atoms with E-state index in [9.17, 15) is 13.2 Å². The molecule has 3 aromatic rings. The van der Waals surface area contributed by atoms with Gasteiger partial charge in [-0.25, -0.2) is 13.5 Å². The van der Waals surface area contributed by atoms with E-state index in [-0.39, 0.29) is 16.2 Å². The maximum Gasteiger partial charge on any atom is 0.264 e. The van der Waals surface area contributed by atoms with Gasteiger partial charge in [-0.05, 0) is 29.8 Å². The van der Waals surface area contributed by atoms with Crippen molar-refractivity contribution in [3.8, 4) is 17.0 Å². The van der Waals surface area contributed by atoms with Crippen molar-refractivity contribution in [2.24, 2.45) is 0 Å². The van der Waals surface area contributed by atoms with Crippen LogP contribution in [0.5, 0.6) is 5.75 Å². The van der Waals surface area contributed by atoms with Gasteiger partial charge >= 0.3 is 0 Å². The van der Waals surface area contributed by atoms with Crippen molar-refractivity contribution in [1.29, 1.82) is 0 Å². The highest BCUT2D eigenvalue weighted by molar-refractivity contribution is 7.89. The van der Waals surface area contributed by atoms with Gasteiger partial charge in [-0.15, -0.1) is 0 Å². The summed E-state index contributed by atoms with van der Waals surface area (Å²) in [5.41, 5.74) is 1.95. The molecule has 31 heavy (non-hydrogen) atoms. The highest BCUT2D eigenvalue weighted by atomic mass is 32.2. The van der Waals surface area contributed by atoms with Crippen LogP contribution >= 0.6 is 0 Å². The van der Waals surface area contributed by atoms with Crippen LogP contribution in [0, 0.1) is 0 Å². The number of ether oxygens (including phenoxy) is 1. The number of hydrogen-bond donors (Lipinski definition) is 1. The lowest BCUT2D eigenvalue weighted by molar-refractivity contribution is 0.181. The molecule has 1 aromatic heterocycles. The Morgan fingerprint density at radius 3 is 2.39 bits per heavy atom. The fourth-order valence-electron chi connectivity index (χ4n) is 3.65. The van der Waals surface area contributed by atoms with Gasteiger partial charge in [-0.2, -0.15) is 9.40 Å². The Bertz CT molecular complexity index is 1180. The second-order valence-electron chi connectivity index (χ2n) is 7.34. The Morgan fingerprint density at radius 1 is 1.00 bits per heavy atom. The Hall–Kier alpha value is -3.01. The zero-order chi connectivity index (χ0) is 21.8. The van der Waals surface area contributed by atoms with Gasteiger partial charge in [0, 0.05) is 44.4 Å². The maximum atomic E-state index is 13.4. The number of piperazine rings is 1. The van der Waals surface area contributed by atoms with Gasteiger partial charge in [0.15, 0.2) is 0 Å². The van der Waals surface area contributed by atoms with Crippen LogP contribution in [0.4, 0.5) is 0 Å². The molecule has 0 aliphatic carbocycles. The van der Waals surface area contributed by atoms with E-state index >= 15 is 0 Å². The summed E-state index contributed by atoms with van der Waals surface area (Å²) in [4.78, 5) is 13.6. The maximum absolute atomic E-state index is 13.4. The predicted octanol–water partition coefficient (Wildman–Crippen LogP) is 1.95.